The van der Waals surface area contributed by atoms with Crippen molar-refractivity contribution >= 4 is 5.91 Å². The summed E-state index contributed by atoms with van der Waals surface area (Å²) < 4.78 is 5.48. The number of hydrogen-bond donors (Lipinski definition) is 2. The van der Waals surface area contributed by atoms with E-state index in [4.69, 9.17) is 4.74 Å². The number of carbonyl (C=O) groups is 1. The van der Waals surface area contributed by atoms with E-state index in [0.717, 1.165) is 5.75 Å². The molecule has 106 valence electrons. The Morgan fingerprint density at radius 3 is 2.47 bits per heavy atom. The Hall–Kier alpha value is -1.55. The van der Waals surface area contributed by atoms with Crippen LogP contribution in [0.3, 0.4) is 0 Å². The first-order chi connectivity index (χ1) is 8.97. The minimum Gasteiger partial charge on any atom is -0.492 e. The van der Waals surface area contributed by atoms with Gasteiger partial charge in [0.05, 0.1) is 6.54 Å². The maximum absolute atomic E-state index is 11.5. The van der Waals surface area contributed by atoms with Gasteiger partial charge in [-0.15, -0.1) is 0 Å². The van der Waals surface area contributed by atoms with Crippen molar-refractivity contribution in [3.8, 4) is 5.75 Å². The Bertz CT molecular complexity index is 371. The van der Waals surface area contributed by atoms with Crippen LogP contribution in [0.1, 0.15) is 27.2 Å². The van der Waals surface area contributed by atoms with E-state index in [1.165, 1.54) is 0 Å². The van der Waals surface area contributed by atoms with Gasteiger partial charge in [0, 0.05) is 18.5 Å². The topological polar surface area (TPSA) is 50.4 Å². The first-order valence-electron chi connectivity index (χ1n) is 6.67. The molecule has 0 aliphatic carbocycles. The molecule has 1 amide bonds. The Labute approximate surface area is 115 Å². The molecule has 0 radical (unpaired) electrons. The van der Waals surface area contributed by atoms with Gasteiger partial charge in [-0.3, -0.25) is 4.79 Å². The summed E-state index contributed by atoms with van der Waals surface area (Å²) in [5.74, 6) is 0.875. The molecule has 0 heterocycles. The Morgan fingerprint density at radius 1 is 1.16 bits per heavy atom. The van der Waals surface area contributed by atoms with Crippen molar-refractivity contribution in [3.63, 3.8) is 0 Å². The molecule has 4 heteroatoms. The quantitative estimate of drug-likeness (QED) is 0.740. The molecule has 0 atom stereocenters. The van der Waals surface area contributed by atoms with Crippen molar-refractivity contribution in [2.45, 2.75) is 32.7 Å². The Morgan fingerprint density at radius 2 is 1.84 bits per heavy atom. The first-order valence-corrected chi connectivity index (χ1v) is 6.67. The van der Waals surface area contributed by atoms with Crippen LogP contribution < -0.4 is 15.4 Å². The summed E-state index contributed by atoms with van der Waals surface area (Å²) in [4.78, 5) is 11.5. The molecule has 1 aromatic rings. The molecule has 0 aliphatic rings. The number of amides is 1. The lowest BCUT2D eigenvalue weighted by Gasteiger charge is -2.20. The van der Waals surface area contributed by atoms with E-state index in [1.807, 2.05) is 30.3 Å². The third-order valence-corrected chi connectivity index (χ3v) is 2.44. The predicted molar refractivity (Wildman–Crippen MR) is 77.3 cm³/mol. The van der Waals surface area contributed by atoms with E-state index >= 15 is 0 Å². The zero-order valence-electron chi connectivity index (χ0n) is 12.0. The molecule has 19 heavy (non-hydrogen) atoms. The standard InChI is InChI=1S/C15H24N2O2/c1-15(2,3)17-10-9-14(18)16-11-12-19-13-7-5-4-6-8-13/h4-8,17H,9-12H2,1-3H3,(H,16,18). The predicted octanol–water partition coefficient (Wildman–Crippen LogP) is 1.96. The summed E-state index contributed by atoms with van der Waals surface area (Å²) in [6.07, 6.45) is 0.489. The van der Waals surface area contributed by atoms with Gasteiger partial charge in [-0.05, 0) is 32.9 Å². The second-order valence-corrected chi connectivity index (χ2v) is 5.44. The van der Waals surface area contributed by atoms with E-state index in [2.05, 4.69) is 31.4 Å². The fourth-order valence-electron chi connectivity index (χ4n) is 1.52. The number of benzene rings is 1. The van der Waals surface area contributed by atoms with Crippen molar-refractivity contribution in [2.24, 2.45) is 0 Å². The van der Waals surface area contributed by atoms with Gasteiger partial charge in [0.15, 0.2) is 0 Å². The molecule has 2 N–H and O–H groups in total. The molecule has 0 bridgehead atoms. The van der Waals surface area contributed by atoms with Crippen LogP contribution in [0.15, 0.2) is 30.3 Å². The van der Waals surface area contributed by atoms with E-state index in [0.29, 0.717) is 26.1 Å². The lowest BCUT2D eigenvalue weighted by Crippen LogP contribution is -2.39. The van der Waals surface area contributed by atoms with Crippen molar-refractivity contribution < 1.29 is 9.53 Å². The van der Waals surface area contributed by atoms with Gasteiger partial charge in [0.25, 0.3) is 0 Å². The van der Waals surface area contributed by atoms with Crippen LogP contribution in [0, 0.1) is 0 Å². The molecular weight excluding hydrogens is 240 g/mol. The number of ether oxygens (including phenoxy) is 1. The third kappa shape index (κ3) is 8.21. The summed E-state index contributed by atoms with van der Waals surface area (Å²) in [7, 11) is 0. The first kappa shape index (κ1) is 15.5. The van der Waals surface area contributed by atoms with Crippen LogP contribution in [0.2, 0.25) is 0 Å². The van der Waals surface area contributed by atoms with Gasteiger partial charge in [-0.25, -0.2) is 0 Å². The van der Waals surface area contributed by atoms with E-state index < -0.39 is 0 Å². The van der Waals surface area contributed by atoms with Gasteiger partial charge in [0.2, 0.25) is 5.91 Å². The second kappa shape index (κ2) is 7.79. The van der Waals surface area contributed by atoms with Crippen LogP contribution in [-0.4, -0.2) is 31.1 Å². The zero-order chi connectivity index (χ0) is 14.1. The van der Waals surface area contributed by atoms with E-state index in [9.17, 15) is 4.79 Å². The van der Waals surface area contributed by atoms with Gasteiger partial charge in [-0.2, -0.15) is 0 Å². The minimum absolute atomic E-state index is 0.0495. The lowest BCUT2D eigenvalue weighted by atomic mass is 10.1. The summed E-state index contributed by atoms with van der Waals surface area (Å²) in [5.41, 5.74) is 0.0523. The summed E-state index contributed by atoms with van der Waals surface area (Å²) >= 11 is 0. The molecule has 0 spiro atoms. The van der Waals surface area contributed by atoms with Crippen LogP contribution in [0.25, 0.3) is 0 Å². The fourth-order valence-corrected chi connectivity index (χ4v) is 1.52. The molecule has 0 fully saturated rings. The van der Waals surface area contributed by atoms with Crippen molar-refractivity contribution in [2.75, 3.05) is 19.7 Å². The van der Waals surface area contributed by atoms with Crippen LogP contribution >= 0.6 is 0 Å². The smallest absolute Gasteiger partial charge is 0.221 e. The molecule has 0 saturated carbocycles. The molecule has 0 aliphatic heterocycles. The zero-order valence-corrected chi connectivity index (χ0v) is 12.0. The third-order valence-electron chi connectivity index (χ3n) is 2.44. The van der Waals surface area contributed by atoms with Gasteiger partial charge < -0.3 is 15.4 Å². The van der Waals surface area contributed by atoms with E-state index in [-0.39, 0.29) is 11.4 Å². The summed E-state index contributed by atoms with van der Waals surface area (Å²) in [6, 6.07) is 9.58. The highest BCUT2D eigenvalue weighted by Crippen LogP contribution is 2.07. The minimum atomic E-state index is 0.0495. The van der Waals surface area contributed by atoms with Gasteiger partial charge >= 0.3 is 0 Å². The molecule has 0 saturated heterocycles. The highest BCUT2D eigenvalue weighted by atomic mass is 16.5. The number of hydrogen-bond acceptors (Lipinski definition) is 3. The molecule has 4 nitrogen and oxygen atoms in total. The highest BCUT2D eigenvalue weighted by Gasteiger charge is 2.09. The summed E-state index contributed by atoms with van der Waals surface area (Å²) in [5, 5.41) is 6.11. The number of para-hydroxylation sites is 1. The monoisotopic (exact) mass is 264 g/mol. The second-order valence-electron chi connectivity index (χ2n) is 5.44. The summed E-state index contributed by atoms with van der Waals surface area (Å²) in [6.45, 7) is 7.95. The van der Waals surface area contributed by atoms with Crippen molar-refractivity contribution in [1.29, 1.82) is 0 Å². The Balaban J connectivity index is 2.05. The molecule has 1 aromatic carbocycles. The molecule has 0 aromatic heterocycles. The largest absolute Gasteiger partial charge is 0.492 e. The number of rotatable bonds is 7. The fraction of sp³-hybridized carbons (Fsp3) is 0.533. The van der Waals surface area contributed by atoms with Crippen LogP contribution in [0.4, 0.5) is 0 Å². The maximum atomic E-state index is 11.5. The van der Waals surface area contributed by atoms with Gasteiger partial charge in [-0.1, -0.05) is 18.2 Å². The van der Waals surface area contributed by atoms with Crippen LogP contribution in [0.5, 0.6) is 5.75 Å². The van der Waals surface area contributed by atoms with E-state index in [1.54, 1.807) is 0 Å². The Kier molecular flexibility index (Phi) is 6.36. The average Bonchev–Trinajstić information content (AvgIpc) is 2.34. The molecule has 0 unspecified atom stereocenters. The number of carbonyl (C=O) groups excluding carboxylic acids is 1. The lowest BCUT2D eigenvalue weighted by molar-refractivity contribution is -0.121. The molecule has 1 rings (SSSR count). The number of nitrogens with one attached hydrogen (secondary N) is 2. The average molecular weight is 264 g/mol. The normalized spacial score (nSPS) is 11.1. The van der Waals surface area contributed by atoms with Gasteiger partial charge in [0.1, 0.15) is 12.4 Å². The van der Waals surface area contributed by atoms with Crippen LogP contribution in [-0.2, 0) is 4.79 Å². The maximum Gasteiger partial charge on any atom is 0.221 e. The van der Waals surface area contributed by atoms with Crippen molar-refractivity contribution in [3.05, 3.63) is 30.3 Å². The van der Waals surface area contributed by atoms with Crippen molar-refractivity contribution in [1.82, 2.24) is 10.6 Å². The SMILES string of the molecule is CC(C)(C)NCCC(=O)NCCOc1ccccc1. The highest BCUT2D eigenvalue weighted by molar-refractivity contribution is 5.76. The molecular formula is C15H24N2O2.